The molecule has 5 atom stereocenters. The van der Waals surface area contributed by atoms with Crippen molar-refractivity contribution >= 4 is 35.8 Å². The first kappa shape index (κ1) is 45.9. The minimum Gasteiger partial charge on any atom is -0.463 e. The maximum atomic E-state index is 12.7. The van der Waals surface area contributed by atoms with Crippen molar-refractivity contribution in [1.82, 2.24) is 0 Å². The van der Waals surface area contributed by atoms with Gasteiger partial charge in [-0.05, 0) is 85.4 Å². The van der Waals surface area contributed by atoms with Crippen molar-refractivity contribution < 1.29 is 61.9 Å². The van der Waals surface area contributed by atoms with E-state index in [2.05, 4.69) is 41.5 Å². The molecule has 2 rings (SSSR count). The molecule has 2 fully saturated rings. The zero-order valence-corrected chi connectivity index (χ0v) is 33.8. The monoisotopic (exact) mass is 754 g/mol. The fourth-order valence-electron chi connectivity index (χ4n) is 9.12. The zero-order valence-electron chi connectivity index (χ0n) is 33.8. The average Bonchev–Trinajstić information content (AvgIpc) is 2.99. The van der Waals surface area contributed by atoms with Crippen molar-refractivity contribution in [1.29, 1.82) is 0 Å². The van der Waals surface area contributed by atoms with Crippen LogP contribution in [-0.2, 0) is 61.9 Å². The molecule has 13 nitrogen and oxygen atoms in total. The molecule has 0 heterocycles. The molecule has 0 aromatic heterocycles. The molecular weight excluding hydrogens is 688 g/mol. The molecule has 2 aliphatic rings. The number of rotatable bonds is 21. The molecule has 0 aromatic carbocycles. The lowest BCUT2D eigenvalue weighted by atomic mass is 9.59. The van der Waals surface area contributed by atoms with Crippen LogP contribution in [0, 0.1) is 33.5 Å². The Kier molecular flexibility index (Phi) is 18.2. The smallest absolute Gasteiger partial charge is 0.306 e. The first-order valence-electron chi connectivity index (χ1n) is 19.1. The third-order valence-electron chi connectivity index (χ3n) is 10.0. The molecule has 0 spiro atoms. The van der Waals surface area contributed by atoms with Gasteiger partial charge in [0, 0.05) is 33.1 Å². The highest BCUT2D eigenvalue weighted by atomic mass is 16.6. The Balaban J connectivity index is 1.68. The molecule has 0 saturated heterocycles. The van der Waals surface area contributed by atoms with E-state index < -0.39 is 11.9 Å². The maximum Gasteiger partial charge on any atom is 0.306 e. The number of esters is 6. The van der Waals surface area contributed by atoms with Crippen molar-refractivity contribution in [2.75, 3.05) is 46.2 Å². The van der Waals surface area contributed by atoms with Gasteiger partial charge in [-0.2, -0.15) is 0 Å². The van der Waals surface area contributed by atoms with E-state index in [9.17, 15) is 28.8 Å². The predicted molar refractivity (Wildman–Crippen MR) is 194 cm³/mol. The van der Waals surface area contributed by atoms with Crippen LogP contribution in [0.25, 0.3) is 0 Å². The highest BCUT2D eigenvalue weighted by Gasteiger charge is 2.44. The summed E-state index contributed by atoms with van der Waals surface area (Å²) in [6.45, 7) is 17.7. The van der Waals surface area contributed by atoms with Gasteiger partial charge < -0.3 is 33.2 Å². The second-order valence-electron chi connectivity index (χ2n) is 17.6. The molecular formula is C40H66O13. The second-order valence-corrected chi connectivity index (χ2v) is 17.6. The summed E-state index contributed by atoms with van der Waals surface area (Å²) < 4.78 is 36.9. The number of ether oxygens (including phenoxy) is 7. The number of carbonyl (C=O) groups is 6. The third kappa shape index (κ3) is 19.6. The first-order chi connectivity index (χ1) is 24.6. The second kappa shape index (κ2) is 21.0. The average molecular weight is 755 g/mol. The van der Waals surface area contributed by atoms with Crippen LogP contribution in [0.1, 0.15) is 133 Å². The summed E-state index contributed by atoms with van der Waals surface area (Å²) >= 11 is 0. The molecule has 53 heavy (non-hydrogen) atoms. The Bertz CT molecular complexity index is 1240. The molecule has 2 saturated carbocycles. The highest BCUT2D eigenvalue weighted by Crippen LogP contribution is 2.52. The Morgan fingerprint density at radius 3 is 1.49 bits per heavy atom. The number of carbonyl (C=O) groups excluding carboxylic acids is 6. The topological polar surface area (TPSA) is 167 Å². The summed E-state index contributed by atoms with van der Waals surface area (Å²) in [5, 5.41) is 0. The lowest BCUT2D eigenvalue weighted by Crippen LogP contribution is -2.38. The van der Waals surface area contributed by atoms with Crippen LogP contribution in [0.2, 0.25) is 0 Å². The van der Waals surface area contributed by atoms with Gasteiger partial charge in [0.15, 0.2) is 0 Å². The van der Waals surface area contributed by atoms with E-state index in [-0.39, 0.29) is 135 Å². The minimum absolute atomic E-state index is 0.00371. The summed E-state index contributed by atoms with van der Waals surface area (Å²) in [6.07, 6.45) is 6.21. The summed E-state index contributed by atoms with van der Waals surface area (Å²) in [4.78, 5) is 72.2. The fraction of sp³-hybridized carbons (Fsp3) is 0.850. The van der Waals surface area contributed by atoms with Crippen LogP contribution in [0.4, 0.5) is 0 Å². The van der Waals surface area contributed by atoms with Crippen LogP contribution in [0.3, 0.4) is 0 Å². The van der Waals surface area contributed by atoms with Gasteiger partial charge in [0.25, 0.3) is 0 Å². The summed E-state index contributed by atoms with van der Waals surface area (Å²) in [5.41, 5.74) is -0.534. The van der Waals surface area contributed by atoms with E-state index in [1.165, 1.54) is 13.8 Å². The van der Waals surface area contributed by atoms with E-state index in [0.717, 1.165) is 32.1 Å². The van der Waals surface area contributed by atoms with Crippen molar-refractivity contribution in [3.05, 3.63) is 0 Å². The molecule has 0 amide bonds. The number of hydrogen-bond donors (Lipinski definition) is 0. The van der Waals surface area contributed by atoms with Gasteiger partial charge in [-0.25, -0.2) is 0 Å². The van der Waals surface area contributed by atoms with Gasteiger partial charge in [0.05, 0.1) is 19.1 Å². The minimum atomic E-state index is -0.425. The highest BCUT2D eigenvalue weighted by molar-refractivity contribution is 5.71. The molecule has 0 N–H and O–H groups in total. The molecule has 0 radical (unpaired) electrons. The molecule has 13 heteroatoms. The lowest BCUT2D eigenvalue weighted by Gasteiger charge is -2.46. The van der Waals surface area contributed by atoms with E-state index in [4.69, 9.17) is 33.2 Å². The van der Waals surface area contributed by atoms with Gasteiger partial charge in [-0.1, -0.05) is 41.5 Å². The molecule has 5 unspecified atom stereocenters. The fourth-order valence-corrected chi connectivity index (χ4v) is 9.12. The van der Waals surface area contributed by atoms with Gasteiger partial charge in [0.1, 0.15) is 39.6 Å². The maximum absolute atomic E-state index is 12.7. The Hall–Kier alpha value is -3.22. The quantitative estimate of drug-likeness (QED) is 0.0728. The summed E-state index contributed by atoms with van der Waals surface area (Å²) in [6, 6.07) is 0. The molecule has 2 aliphatic carbocycles. The normalized spacial score (nSPS) is 25.3. The van der Waals surface area contributed by atoms with Crippen molar-refractivity contribution in [3.63, 3.8) is 0 Å². The largest absolute Gasteiger partial charge is 0.463 e. The van der Waals surface area contributed by atoms with E-state index in [1.54, 1.807) is 6.92 Å². The van der Waals surface area contributed by atoms with Gasteiger partial charge in [-0.3, -0.25) is 28.8 Å². The molecule has 0 aromatic rings. The Morgan fingerprint density at radius 2 is 0.981 bits per heavy atom. The van der Waals surface area contributed by atoms with Gasteiger partial charge in [-0.15, -0.1) is 0 Å². The van der Waals surface area contributed by atoms with Gasteiger partial charge in [0.2, 0.25) is 0 Å². The van der Waals surface area contributed by atoms with E-state index in [0.29, 0.717) is 12.8 Å². The number of hydrogen-bond acceptors (Lipinski definition) is 13. The van der Waals surface area contributed by atoms with Crippen molar-refractivity contribution in [2.24, 2.45) is 33.5 Å². The van der Waals surface area contributed by atoms with Crippen molar-refractivity contribution in [2.45, 2.75) is 139 Å². The van der Waals surface area contributed by atoms with Gasteiger partial charge >= 0.3 is 35.8 Å². The summed E-state index contributed by atoms with van der Waals surface area (Å²) in [5.74, 6) is -1.95. The third-order valence-corrected chi connectivity index (χ3v) is 10.0. The van der Waals surface area contributed by atoms with Crippen LogP contribution >= 0.6 is 0 Å². The zero-order chi connectivity index (χ0) is 39.9. The van der Waals surface area contributed by atoms with Crippen LogP contribution in [-0.4, -0.2) is 88.2 Å². The Morgan fingerprint density at radius 1 is 0.547 bits per heavy atom. The lowest BCUT2D eigenvalue weighted by molar-refractivity contribution is -0.154. The molecule has 0 aliphatic heterocycles. The predicted octanol–water partition coefficient (Wildman–Crippen LogP) is 6.31. The summed E-state index contributed by atoms with van der Waals surface area (Å²) in [7, 11) is 0. The van der Waals surface area contributed by atoms with Crippen LogP contribution in [0.15, 0.2) is 0 Å². The van der Waals surface area contributed by atoms with Crippen LogP contribution in [0.5, 0.6) is 0 Å². The first-order valence-corrected chi connectivity index (χ1v) is 19.1. The molecule has 0 bridgehead atoms. The van der Waals surface area contributed by atoms with E-state index >= 15 is 0 Å². The van der Waals surface area contributed by atoms with Crippen molar-refractivity contribution in [3.8, 4) is 0 Å². The van der Waals surface area contributed by atoms with Crippen LogP contribution < -0.4 is 0 Å². The van der Waals surface area contributed by atoms with E-state index in [1.807, 2.05) is 0 Å². The molecule has 304 valence electrons. The standard InChI is InChI=1S/C40H66O13/c1-28(25-53-33(43)10-11-39(8)22-31(20-37(4,5)26-39)18-34(44)51-16-13-48-29(2)41)47-12-15-50-35(45)19-32-21-38(6,7)27-40(9,23-32)24-36(46)52-17-14-49-30(3)42/h28,31-32H,10-27H2,1-9H3. The SMILES string of the molecule is CC(=O)OCCOC(=O)CC1CC(C)(C)CC(C)(CCC(=O)OCC(C)OCCOC(=O)CC2CC(C)(C)CC(C)(CC(=O)OCCOC(C)=O)C2)C1. The Labute approximate surface area is 316 Å².